The summed E-state index contributed by atoms with van der Waals surface area (Å²) in [6, 6.07) is 8.33. The van der Waals surface area contributed by atoms with Gasteiger partial charge in [-0.25, -0.2) is 9.97 Å². The maximum atomic E-state index is 15.4. The van der Waals surface area contributed by atoms with Crippen LogP contribution >= 0.6 is 4.00 Å². The third-order valence-corrected chi connectivity index (χ3v) is 12.4. The monoisotopic (exact) mass is 746 g/mol. The van der Waals surface area contributed by atoms with E-state index in [2.05, 4.69) is 34.3 Å². The number of hydrogen-bond donors (Lipinski definition) is 1. The molecule has 1 aromatic carbocycles. The second-order valence-corrected chi connectivity index (χ2v) is 21.1. The fourth-order valence-electron chi connectivity index (χ4n) is 4.47. The first-order valence-electron chi connectivity index (χ1n) is 11.7. The molecule has 0 atom stereocenters. The summed E-state index contributed by atoms with van der Waals surface area (Å²) in [6.07, 6.45) is 4.70. The molecule has 0 unspecified atom stereocenters. The molecule has 1 aliphatic heterocycles. The molecule has 13 heteroatoms. The van der Waals surface area contributed by atoms with Crippen LogP contribution in [0.1, 0.15) is 11.4 Å². The van der Waals surface area contributed by atoms with Gasteiger partial charge in [-0.3, -0.25) is 0 Å². The van der Waals surface area contributed by atoms with Gasteiger partial charge < -0.3 is 4.74 Å². The van der Waals surface area contributed by atoms with Crippen LogP contribution in [0.15, 0.2) is 49.1 Å². The Labute approximate surface area is 239 Å². The van der Waals surface area contributed by atoms with Gasteiger partial charge in [-0.2, -0.15) is 0 Å². The summed E-state index contributed by atoms with van der Waals surface area (Å²) in [6.45, 7) is 2.70. The quantitative estimate of drug-likeness (QED) is 0.162. The van der Waals surface area contributed by atoms with Gasteiger partial charge in [0.2, 0.25) is 0 Å². The number of pyridine rings is 1. The molecule has 188 valence electrons. The molecule has 0 spiro atoms. The second-order valence-electron chi connectivity index (χ2n) is 8.48. The Morgan fingerprint density at radius 2 is 2.10 bits per heavy atom. The second kappa shape index (κ2) is 11.0. The van der Waals surface area contributed by atoms with Crippen molar-refractivity contribution in [2.75, 3.05) is 12.3 Å². The van der Waals surface area contributed by atoms with Gasteiger partial charge in [-0.15, -0.1) is 0 Å². The Hall–Kier alpha value is -3.47. The van der Waals surface area contributed by atoms with Crippen LogP contribution in [-0.2, 0) is 18.4 Å². The molecule has 0 saturated heterocycles. The zero-order chi connectivity index (χ0) is 26.9. The molecule has 5 heterocycles. The summed E-state index contributed by atoms with van der Waals surface area (Å²) in [4.78, 5) is 21.6. The number of aryl methyl sites for hydroxylation is 1. The van der Waals surface area contributed by atoms with E-state index in [1.807, 2.05) is 10.6 Å². The van der Waals surface area contributed by atoms with E-state index in [0.29, 0.717) is 52.4 Å². The minimum absolute atomic E-state index is 0.000542. The van der Waals surface area contributed by atoms with E-state index in [4.69, 9.17) is 27.0 Å². The first kappa shape index (κ1) is 25.8. The van der Waals surface area contributed by atoms with Gasteiger partial charge in [0, 0.05) is 11.9 Å². The molecule has 0 bridgehead atoms. The minimum Gasteiger partial charge on any atom is -0.200 e. The van der Waals surface area contributed by atoms with Gasteiger partial charge >= 0.3 is 201 Å². The first-order chi connectivity index (χ1) is 19.0. The van der Waals surface area contributed by atoms with E-state index in [-0.39, 0.29) is 17.6 Å². The molecule has 0 aliphatic carbocycles. The van der Waals surface area contributed by atoms with Crippen molar-refractivity contribution in [3.8, 4) is 49.3 Å². The van der Waals surface area contributed by atoms with Crippen molar-refractivity contribution in [1.29, 1.82) is 0 Å². The van der Waals surface area contributed by atoms with Crippen LogP contribution in [0.25, 0.3) is 33.4 Å². The van der Waals surface area contributed by atoms with Crippen molar-refractivity contribution >= 4 is 55.8 Å². The number of benzene rings is 1. The summed E-state index contributed by atoms with van der Waals surface area (Å²) < 4.78 is 33.4. The van der Waals surface area contributed by atoms with Crippen LogP contribution in [0.5, 0.6) is 17.5 Å². The topological polar surface area (TPSA) is 114 Å². The molecule has 6 rings (SSSR count). The predicted octanol–water partition coefficient (Wildman–Crippen LogP) is 4.50. The van der Waals surface area contributed by atoms with E-state index < -0.39 is 28.9 Å². The van der Waals surface area contributed by atoms with Crippen LogP contribution < -0.4 is 15.2 Å². The maximum absolute atomic E-state index is 15.4. The number of nitrogen functional groups attached to an aromatic ring is 1. The van der Waals surface area contributed by atoms with Gasteiger partial charge in [0.05, 0.1) is 0 Å². The third-order valence-electron chi connectivity index (χ3n) is 6.07. The normalized spacial score (nSPS) is 11.7. The summed E-state index contributed by atoms with van der Waals surface area (Å²) in [5.41, 5.74) is 11.1. The molecule has 1 aliphatic rings. The number of anilines is 1. The number of hydrogen-bond acceptors (Lipinski definition) is 9. The number of halogens is 1. The standard InChI is InChI=1S/C26H17FN7O2.PS.Tl/c1-3-16-11-20-17(12-30-16)23-21(22-24(28)31-13-32-25(22)34(23)8-9-35-20)15-4-5-19(18(27)10-15)36-26-29-7-6-14(2)33-26;1-2;/h4-7,10-13H,8-9H2,2H3,(H2,28,31,32);;/q;-1;+2. The average Bonchev–Trinajstić information content (AvgIpc) is 3.14. The van der Waals surface area contributed by atoms with Crippen LogP contribution in [0, 0.1) is 22.1 Å². The van der Waals surface area contributed by atoms with Crippen molar-refractivity contribution in [3.63, 3.8) is 0 Å². The fraction of sp³-hybridized carbons (Fsp3) is 0.115. The summed E-state index contributed by atoms with van der Waals surface area (Å²) in [5, 5.41) is 0.623. The number of aromatic nitrogens is 6. The molecular weight excluding hydrogens is 729 g/mol. The molecule has 4 aromatic heterocycles. The molecule has 0 radical (unpaired) electrons. The summed E-state index contributed by atoms with van der Waals surface area (Å²) in [5.74, 6) is 3.45. The van der Waals surface area contributed by atoms with Gasteiger partial charge in [0.1, 0.15) is 0 Å². The van der Waals surface area contributed by atoms with Gasteiger partial charge in [-0.05, 0) is 13.0 Å². The summed E-state index contributed by atoms with van der Waals surface area (Å²) in [7, 11) is 0. The van der Waals surface area contributed by atoms with Gasteiger partial charge in [0.25, 0.3) is 0 Å². The SMILES string of the molecule is Cc1ccnc(Oc2ccc(-c3c4n(c5ncnc(N)c35)CCOc3cc(C#[C][Tl]=[P+]=S)ncc3-4)cc2F)n1. The number of rotatable bonds is 3. The molecule has 0 fully saturated rings. The molecule has 5 aromatic rings. The Morgan fingerprint density at radius 3 is 2.92 bits per heavy atom. The third kappa shape index (κ3) is 5.00. The van der Waals surface area contributed by atoms with Gasteiger partial charge in [0.15, 0.2) is 0 Å². The van der Waals surface area contributed by atoms with Gasteiger partial charge in [-0.1, -0.05) is 0 Å². The Balaban J connectivity index is 1.54. The van der Waals surface area contributed by atoms with E-state index >= 15 is 4.39 Å². The minimum atomic E-state index is -1.23. The molecule has 9 nitrogen and oxygen atoms in total. The molecule has 0 amide bonds. The molecule has 39 heavy (non-hydrogen) atoms. The average molecular weight is 746 g/mol. The number of fused-ring (bicyclic) bond motifs is 5. The Kier molecular flexibility index (Phi) is 7.25. The van der Waals surface area contributed by atoms with E-state index in [1.54, 1.807) is 37.5 Å². The molecular formula is C26H17FN7O2PSTl+. The zero-order valence-corrected chi connectivity index (χ0v) is 26.6. The van der Waals surface area contributed by atoms with Crippen molar-refractivity contribution in [1.82, 2.24) is 29.5 Å². The number of nitrogens with two attached hydrogens (primary N) is 1. The van der Waals surface area contributed by atoms with Crippen LogP contribution in [0.3, 0.4) is 0 Å². The summed E-state index contributed by atoms with van der Waals surface area (Å²) >= 11 is 3.80. The fourth-order valence-corrected chi connectivity index (χ4v) is 7.91. The van der Waals surface area contributed by atoms with Crippen molar-refractivity contribution < 1.29 is 13.9 Å². The van der Waals surface area contributed by atoms with E-state index in [9.17, 15) is 0 Å². The van der Waals surface area contributed by atoms with Crippen LogP contribution in [0.4, 0.5) is 10.2 Å². The Bertz CT molecular complexity index is 1900. The number of ether oxygens (including phenoxy) is 2. The smallest absolute Gasteiger partial charge is 0.200 e. The molecule has 2 N–H and O–H groups in total. The van der Waals surface area contributed by atoms with E-state index in [1.165, 1.54) is 12.4 Å². The van der Waals surface area contributed by atoms with Crippen molar-refractivity contribution in [3.05, 3.63) is 66.3 Å². The van der Waals surface area contributed by atoms with Crippen molar-refractivity contribution in [2.24, 2.45) is 0 Å². The van der Waals surface area contributed by atoms with Crippen molar-refractivity contribution in [2.45, 2.75) is 13.5 Å². The molecule has 0 saturated carbocycles. The number of nitrogens with zero attached hydrogens (tertiary/aromatic N) is 6. The zero-order valence-electron chi connectivity index (χ0n) is 20.4. The van der Waals surface area contributed by atoms with E-state index in [0.717, 1.165) is 15.3 Å². The predicted molar refractivity (Wildman–Crippen MR) is 150 cm³/mol. The Morgan fingerprint density at radius 1 is 1.21 bits per heavy atom. The van der Waals surface area contributed by atoms with Crippen LogP contribution in [-0.4, -0.2) is 59.2 Å². The van der Waals surface area contributed by atoms with Crippen LogP contribution in [0.2, 0.25) is 0 Å². The first-order valence-corrected chi connectivity index (χ1v) is 22.0.